The molecule has 1 aromatic heterocycles. The van der Waals surface area contributed by atoms with Crippen LogP contribution in [0.5, 0.6) is 5.75 Å². The van der Waals surface area contributed by atoms with Gasteiger partial charge >= 0.3 is 0 Å². The zero-order chi connectivity index (χ0) is 12.4. The Kier molecular flexibility index (Phi) is 3.47. The van der Waals surface area contributed by atoms with Gasteiger partial charge in [-0.25, -0.2) is 4.39 Å². The topological polar surface area (TPSA) is 27.1 Å². The summed E-state index contributed by atoms with van der Waals surface area (Å²) in [6.45, 7) is 2.29. The number of aryl methyl sites for hydroxylation is 2. The van der Waals surface area contributed by atoms with Crippen LogP contribution in [0.4, 0.5) is 4.39 Å². The largest absolute Gasteiger partial charge is 0.487 e. The number of rotatable bonds is 3. The SMILES string of the molecule is Cc1cc(COc2cc(F)cc(Br)c2)n(C)n1. The van der Waals surface area contributed by atoms with Gasteiger partial charge in [-0.05, 0) is 25.1 Å². The molecule has 0 atom stereocenters. The fraction of sp³-hybridized carbons (Fsp3) is 0.250. The predicted octanol–water partition coefficient (Wildman–Crippen LogP) is 3.21. The first-order valence-electron chi connectivity index (χ1n) is 5.13. The van der Waals surface area contributed by atoms with Gasteiger partial charge in [0.05, 0.1) is 11.4 Å². The predicted molar refractivity (Wildman–Crippen MR) is 66.4 cm³/mol. The number of ether oxygens (including phenoxy) is 1. The van der Waals surface area contributed by atoms with Gasteiger partial charge in [-0.1, -0.05) is 15.9 Å². The van der Waals surface area contributed by atoms with Gasteiger partial charge in [0, 0.05) is 17.6 Å². The molecule has 1 aromatic carbocycles. The summed E-state index contributed by atoms with van der Waals surface area (Å²) >= 11 is 3.22. The van der Waals surface area contributed by atoms with Crippen molar-refractivity contribution in [1.82, 2.24) is 9.78 Å². The molecule has 2 aromatic rings. The van der Waals surface area contributed by atoms with Crippen LogP contribution in [0.25, 0.3) is 0 Å². The molecule has 17 heavy (non-hydrogen) atoms. The minimum Gasteiger partial charge on any atom is -0.487 e. The molecular weight excluding hydrogens is 287 g/mol. The van der Waals surface area contributed by atoms with Crippen molar-refractivity contribution in [3.63, 3.8) is 0 Å². The van der Waals surface area contributed by atoms with Crippen molar-refractivity contribution in [2.24, 2.45) is 7.05 Å². The Morgan fingerprint density at radius 2 is 2.12 bits per heavy atom. The minimum atomic E-state index is -0.324. The van der Waals surface area contributed by atoms with Crippen molar-refractivity contribution >= 4 is 15.9 Å². The van der Waals surface area contributed by atoms with E-state index in [2.05, 4.69) is 21.0 Å². The number of halogens is 2. The molecule has 0 aliphatic heterocycles. The molecule has 0 saturated carbocycles. The van der Waals surface area contributed by atoms with Crippen LogP contribution in [-0.4, -0.2) is 9.78 Å². The molecular formula is C12H12BrFN2O. The highest BCUT2D eigenvalue weighted by molar-refractivity contribution is 9.10. The number of benzene rings is 1. The molecule has 1 heterocycles. The smallest absolute Gasteiger partial charge is 0.130 e. The van der Waals surface area contributed by atoms with Crippen molar-refractivity contribution in [1.29, 1.82) is 0 Å². The van der Waals surface area contributed by atoms with Crippen molar-refractivity contribution in [2.45, 2.75) is 13.5 Å². The minimum absolute atomic E-state index is 0.324. The van der Waals surface area contributed by atoms with Crippen LogP contribution in [0.15, 0.2) is 28.7 Å². The molecule has 0 amide bonds. The number of aromatic nitrogens is 2. The molecule has 5 heteroatoms. The summed E-state index contributed by atoms with van der Waals surface area (Å²) in [6.07, 6.45) is 0. The molecule has 0 fully saturated rings. The van der Waals surface area contributed by atoms with Crippen molar-refractivity contribution in [3.8, 4) is 5.75 Å². The second-order valence-corrected chi connectivity index (χ2v) is 4.71. The van der Waals surface area contributed by atoms with E-state index in [4.69, 9.17) is 4.74 Å². The molecule has 2 rings (SSSR count). The molecule has 90 valence electrons. The van der Waals surface area contributed by atoms with Gasteiger partial charge in [0.2, 0.25) is 0 Å². The van der Waals surface area contributed by atoms with E-state index in [1.54, 1.807) is 10.7 Å². The van der Waals surface area contributed by atoms with Crippen molar-refractivity contribution in [3.05, 3.63) is 45.9 Å². The summed E-state index contributed by atoms with van der Waals surface area (Å²) in [4.78, 5) is 0. The van der Waals surface area contributed by atoms with Gasteiger partial charge in [0.15, 0.2) is 0 Å². The molecule has 0 N–H and O–H groups in total. The number of nitrogens with zero attached hydrogens (tertiary/aromatic N) is 2. The van der Waals surface area contributed by atoms with E-state index >= 15 is 0 Å². The maximum Gasteiger partial charge on any atom is 0.130 e. The second-order valence-electron chi connectivity index (χ2n) is 3.79. The van der Waals surface area contributed by atoms with Crippen LogP contribution in [0.2, 0.25) is 0 Å². The van der Waals surface area contributed by atoms with Gasteiger partial charge in [0.25, 0.3) is 0 Å². The third-order valence-electron chi connectivity index (χ3n) is 2.32. The van der Waals surface area contributed by atoms with Crippen LogP contribution in [0.3, 0.4) is 0 Å². The molecule has 0 aliphatic rings. The second kappa shape index (κ2) is 4.87. The van der Waals surface area contributed by atoms with Gasteiger partial charge in [-0.2, -0.15) is 5.10 Å². The first-order valence-corrected chi connectivity index (χ1v) is 5.92. The first kappa shape index (κ1) is 12.1. The Labute approximate surface area is 107 Å². The van der Waals surface area contributed by atoms with E-state index in [9.17, 15) is 4.39 Å². The molecule has 0 unspecified atom stereocenters. The first-order chi connectivity index (χ1) is 8.04. The standard InChI is InChI=1S/C12H12BrFN2O/c1-8-3-11(16(2)15-8)7-17-12-5-9(13)4-10(14)6-12/h3-6H,7H2,1-2H3. The lowest BCUT2D eigenvalue weighted by Crippen LogP contribution is -2.03. The molecule has 0 spiro atoms. The fourth-order valence-corrected chi connectivity index (χ4v) is 2.01. The maximum absolute atomic E-state index is 13.1. The highest BCUT2D eigenvalue weighted by atomic mass is 79.9. The van der Waals surface area contributed by atoms with Crippen LogP contribution >= 0.6 is 15.9 Å². The summed E-state index contributed by atoms with van der Waals surface area (Å²) in [5, 5.41) is 4.21. The quantitative estimate of drug-likeness (QED) is 0.870. The summed E-state index contributed by atoms with van der Waals surface area (Å²) in [5.74, 6) is 0.172. The van der Waals surface area contributed by atoms with Gasteiger partial charge < -0.3 is 4.74 Å². The Hall–Kier alpha value is -1.36. The van der Waals surface area contributed by atoms with Gasteiger partial charge in [-0.15, -0.1) is 0 Å². The Bertz CT molecular complexity index is 519. The normalized spacial score (nSPS) is 10.6. The molecule has 0 radical (unpaired) electrons. The van der Waals surface area contributed by atoms with Crippen LogP contribution in [0.1, 0.15) is 11.4 Å². The molecule has 3 nitrogen and oxygen atoms in total. The van der Waals surface area contributed by atoms with Crippen molar-refractivity contribution in [2.75, 3.05) is 0 Å². The average molecular weight is 299 g/mol. The van der Waals surface area contributed by atoms with E-state index in [1.165, 1.54) is 12.1 Å². The van der Waals surface area contributed by atoms with Crippen LogP contribution < -0.4 is 4.74 Å². The monoisotopic (exact) mass is 298 g/mol. The fourth-order valence-electron chi connectivity index (χ4n) is 1.57. The van der Waals surface area contributed by atoms with E-state index in [1.807, 2.05) is 20.0 Å². The molecule has 0 bridgehead atoms. The van der Waals surface area contributed by atoms with Crippen LogP contribution in [-0.2, 0) is 13.7 Å². The van der Waals surface area contributed by atoms with E-state index in [0.29, 0.717) is 16.8 Å². The summed E-state index contributed by atoms with van der Waals surface area (Å²) in [5.41, 5.74) is 1.88. The highest BCUT2D eigenvalue weighted by Gasteiger charge is 2.04. The summed E-state index contributed by atoms with van der Waals surface area (Å²) < 4.78 is 21.0. The van der Waals surface area contributed by atoms with Crippen molar-refractivity contribution < 1.29 is 9.13 Å². The lowest BCUT2D eigenvalue weighted by molar-refractivity contribution is 0.293. The molecule has 0 saturated heterocycles. The Balaban J connectivity index is 2.09. The average Bonchev–Trinajstić information content (AvgIpc) is 2.53. The third-order valence-corrected chi connectivity index (χ3v) is 2.78. The van der Waals surface area contributed by atoms with E-state index < -0.39 is 0 Å². The van der Waals surface area contributed by atoms with Gasteiger partial charge in [-0.3, -0.25) is 4.68 Å². The zero-order valence-corrected chi connectivity index (χ0v) is 11.2. The molecule has 0 aliphatic carbocycles. The highest BCUT2D eigenvalue weighted by Crippen LogP contribution is 2.21. The van der Waals surface area contributed by atoms with E-state index in [-0.39, 0.29) is 5.82 Å². The number of hydrogen-bond acceptors (Lipinski definition) is 2. The lowest BCUT2D eigenvalue weighted by atomic mass is 10.3. The third kappa shape index (κ3) is 3.06. The van der Waals surface area contributed by atoms with E-state index in [0.717, 1.165) is 11.4 Å². The zero-order valence-electron chi connectivity index (χ0n) is 9.58. The van der Waals surface area contributed by atoms with Gasteiger partial charge in [0.1, 0.15) is 18.2 Å². The van der Waals surface area contributed by atoms with Crippen LogP contribution in [0, 0.1) is 12.7 Å². The Morgan fingerprint density at radius 3 is 2.71 bits per heavy atom. The number of hydrogen-bond donors (Lipinski definition) is 0. The Morgan fingerprint density at radius 1 is 1.35 bits per heavy atom. The lowest BCUT2D eigenvalue weighted by Gasteiger charge is -2.06. The summed E-state index contributed by atoms with van der Waals surface area (Å²) in [7, 11) is 1.85. The maximum atomic E-state index is 13.1. The summed E-state index contributed by atoms with van der Waals surface area (Å²) in [6, 6.07) is 6.41.